The molecule has 0 spiro atoms. The summed E-state index contributed by atoms with van der Waals surface area (Å²) in [5.74, 6) is -0.293. The van der Waals surface area contributed by atoms with Crippen molar-refractivity contribution in [1.29, 1.82) is 0 Å². The number of nitrogens with zero attached hydrogens (tertiary/aromatic N) is 4. The molecule has 2 unspecified atom stereocenters. The minimum Gasteiger partial charge on any atom is -0.370 e. The molecule has 0 bridgehead atoms. The van der Waals surface area contributed by atoms with E-state index < -0.39 is 17.9 Å². The molecule has 27 heavy (non-hydrogen) atoms. The highest BCUT2D eigenvalue weighted by Gasteiger charge is 2.35. The summed E-state index contributed by atoms with van der Waals surface area (Å²) < 4.78 is 54.8. The fraction of sp³-hybridized carbons (Fsp3) is 0.562. The number of piperidine rings is 1. The lowest BCUT2D eigenvalue weighted by molar-refractivity contribution is -0.137. The zero-order valence-electron chi connectivity index (χ0n) is 14.9. The second kappa shape index (κ2) is 7.67. The summed E-state index contributed by atoms with van der Waals surface area (Å²) in [6.07, 6.45) is -2.65. The van der Waals surface area contributed by atoms with E-state index in [1.54, 1.807) is 24.7 Å². The highest BCUT2D eigenvalue weighted by Crippen LogP contribution is 2.34. The molecule has 0 radical (unpaired) electrons. The molecule has 7 nitrogen and oxygen atoms in total. The summed E-state index contributed by atoms with van der Waals surface area (Å²) in [7, 11) is 0. The first-order valence-electron chi connectivity index (χ1n) is 8.65. The smallest absolute Gasteiger partial charge is 0.370 e. The number of hydrogen-bond donors (Lipinski definition) is 3. The maximum Gasteiger partial charge on any atom is 0.421 e. The Morgan fingerprint density at radius 1 is 1.37 bits per heavy atom. The van der Waals surface area contributed by atoms with Crippen LogP contribution in [0.2, 0.25) is 0 Å². The summed E-state index contributed by atoms with van der Waals surface area (Å²) in [6, 6.07) is -0.383. The molecule has 0 aromatic carbocycles. The lowest BCUT2D eigenvalue weighted by Gasteiger charge is -2.26. The van der Waals surface area contributed by atoms with Gasteiger partial charge in [0.05, 0.1) is 17.4 Å². The highest BCUT2D eigenvalue weighted by atomic mass is 19.4. The summed E-state index contributed by atoms with van der Waals surface area (Å²) in [6.45, 7) is 4.64. The van der Waals surface area contributed by atoms with Crippen molar-refractivity contribution in [2.45, 2.75) is 38.7 Å². The van der Waals surface area contributed by atoms with Gasteiger partial charge in [0.15, 0.2) is 0 Å². The van der Waals surface area contributed by atoms with Crippen LogP contribution >= 0.6 is 0 Å². The molecular weight excluding hydrogens is 366 g/mol. The summed E-state index contributed by atoms with van der Waals surface area (Å²) in [4.78, 5) is 7.69. The fourth-order valence-corrected chi connectivity index (χ4v) is 2.95. The van der Waals surface area contributed by atoms with Gasteiger partial charge in [0.25, 0.3) is 0 Å². The Morgan fingerprint density at radius 3 is 2.81 bits per heavy atom. The van der Waals surface area contributed by atoms with Gasteiger partial charge in [-0.05, 0) is 26.8 Å². The molecule has 2 atom stereocenters. The van der Waals surface area contributed by atoms with E-state index in [1.807, 2.05) is 0 Å². The fourth-order valence-electron chi connectivity index (χ4n) is 2.95. The maximum atomic E-state index is 14.1. The number of aryl methyl sites for hydroxylation is 1. The van der Waals surface area contributed by atoms with Gasteiger partial charge in [-0.3, -0.25) is 4.68 Å². The van der Waals surface area contributed by atoms with E-state index >= 15 is 0 Å². The van der Waals surface area contributed by atoms with Crippen LogP contribution in [0, 0.1) is 6.92 Å². The Labute approximate surface area is 153 Å². The van der Waals surface area contributed by atoms with Crippen LogP contribution in [0.4, 0.5) is 35.0 Å². The molecular formula is C16H21F4N7. The molecule has 0 saturated carbocycles. The third kappa shape index (κ3) is 4.29. The van der Waals surface area contributed by atoms with E-state index in [4.69, 9.17) is 0 Å². The molecule has 3 N–H and O–H groups in total. The van der Waals surface area contributed by atoms with E-state index in [9.17, 15) is 17.6 Å². The predicted molar refractivity (Wildman–Crippen MR) is 92.9 cm³/mol. The highest BCUT2D eigenvalue weighted by molar-refractivity contribution is 5.58. The van der Waals surface area contributed by atoms with E-state index in [2.05, 4.69) is 31.0 Å². The van der Waals surface area contributed by atoms with Crippen molar-refractivity contribution in [1.82, 2.24) is 25.1 Å². The van der Waals surface area contributed by atoms with Gasteiger partial charge in [0.2, 0.25) is 5.95 Å². The molecule has 3 heterocycles. The van der Waals surface area contributed by atoms with E-state index in [0.717, 1.165) is 6.20 Å². The lowest BCUT2D eigenvalue weighted by atomic mass is 10.1. The molecule has 1 saturated heterocycles. The van der Waals surface area contributed by atoms with Crippen molar-refractivity contribution in [3.05, 3.63) is 23.7 Å². The Hall–Kier alpha value is -2.43. The van der Waals surface area contributed by atoms with Crippen molar-refractivity contribution >= 4 is 17.5 Å². The van der Waals surface area contributed by atoms with E-state index in [1.165, 1.54) is 0 Å². The molecule has 148 valence electrons. The van der Waals surface area contributed by atoms with E-state index in [-0.39, 0.29) is 30.9 Å². The number of hydrogen-bond acceptors (Lipinski definition) is 6. The van der Waals surface area contributed by atoms with Crippen LogP contribution in [-0.2, 0) is 6.18 Å². The van der Waals surface area contributed by atoms with Gasteiger partial charge in [-0.25, -0.2) is 9.37 Å². The van der Waals surface area contributed by atoms with Gasteiger partial charge in [-0.15, -0.1) is 0 Å². The maximum absolute atomic E-state index is 14.1. The molecule has 2 aromatic heterocycles. The third-order valence-corrected chi connectivity index (χ3v) is 4.32. The molecule has 0 aliphatic carbocycles. The van der Waals surface area contributed by atoms with Crippen LogP contribution < -0.4 is 16.0 Å². The Kier molecular flexibility index (Phi) is 5.49. The second-order valence-electron chi connectivity index (χ2n) is 6.29. The minimum absolute atomic E-state index is 0.00343. The van der Waals surface area contributed by atoms with Gasteiger partial charge in [0.1, 0.15) is 17.6 Å². The van der Waals surface area contributed by atoms with Crippen molar-refractivity contribution in [3.63, 3.8) is 0 Å². The summed E-state index contributed by atoms with van der Waals surface area (Å²) in [5.41, 5.74) is 0.162. The number of alkyl halides is 4. The van der Waals surface area contributed by atoms with Gasteiger partial charge in [0, 0.05) is 25.5 Å². The third-order valence-electron chi connectivity index (χ3n) is 4.32. The largest absolute Gasteiger partial charge is 0.421 e. The minimum atomic E-state index is -4.55. The quantitative estimate of drug-likeness (QED) is 0.685. The Balaban J connectivity index is 1.84. The van der Waals surface area contributed by atoms with Gasteiger partial charge in [-0.2, -0.15) is 23.3 Å². The standard InChI is InChI=1S/C16H21F4N7/c1-3-22-14-10(16(18,19)20)6-23-15(25-14)24-12-8-27(26-9(12)2)13-4-5-21-7-11(13)17/h6,8,11,13,21H,3-5,7H2,1-2H3,(H2,22,23,24,25). The summed E-state index contributed by atoms with van der Waals surface area (Å²) in [5, 5.41) is 12.8. The average Bonchev–Trinajstić information content (AvgIpc) is 2.95. The van der Waals surface area contributed by atoms with Gasteiger partial charge in [-0.1, -0.05) is 0 Å². The summed E-state index contributed by atoms with van der Waals surface area (Å²) >= 11 is 0. The Bertz CT molecular complexity index is 790. The predicted octanol–water partition coefficient (Wildman–Crippen LogP) is 3.05. The number of rotatable bonds is 5. The Morgan fingerprint density at radius 2 is 2.15 bits per heavy atom. The zero-order valence-corrected chi connectivity index (χ0v) is 14.9. The van der Waals surface area contributed by atoms with Crippen LogP contribution in [0.5, 0.6) is 0 Å². The first kappa shape index (κ1) is 19.3. The number of nitrogens with one attached hydrogen (secondary N) is 3. The van der Waals surface area contributed by atoms with Crippen molar-refractivity contribution in [3.8, 4) is 0 Å². The molecule has 11 heteroatoms. The first-order chi connectivity index (χ1) is 12.8. The van der Waals surface area contributed by atoms with Crippen LogP contribution in [0.3, 0.4) is 0 Å². The van der Waals surface area contributed by atoms with Crippen LogP contribution in [-0.4, -0.2) is 45.6 Å². The molecule has 1 aliphatic rings. The molecule has 0 amide bonds. The van der Waals surface area contributed by atoms with Crippen LogP contribution in [0.1, 0.15) is 30.6 Å². The lowest BCUT2D eigenvalue weighted by Crippen LogP contribution is -2.39. The SMILES string of the molecule is CCNc1nc(Nc2cn(C3CCNCC3F)nc2C)ncc1C(F)(F)F. The topological polar surface area (TPSA) is 79.7 Å². The van der Waals surface area contributed by atoms with Crippen molar-refractivity contribution in [2.75, 3.05) is 30.3 Å². The van der Waals surface area contributed by atoms with Crippen molar-refractivity contribution in [2.24, 2.45) is 0 Å². The van der Waals surface area contributed by atoms with Crippen LogP contribution in [0.25, 0.3) is 0 Å². The number of anilines is 3. The number of halogens is 4. The van der Waals surface area contributed by atoms with Gasteiger partial charge >= 0.3 is 6.18 Å². The average molecular weight is 387 g/mol. The number of aromatic nitrogens is 4. The molecule has 3 rings (SSSR count). The molecule has 2 aromatic rings. The molecule has 1 aliphatic heterocycles. The van der Waals surface area contributed by atoms with Gasteiger partial charge < -0.3 is 16.0 Å². The second-order valence-corrected chi connectivity index (χ2v) is 6.29. The van der Waals surface area contributed by atoms with Crippen molar-refractivity contribution < 1.29 is 17.6 Å². The van der Waals surface area contributed by atoms with E-state index in [0.29, 0.717) is 24.3 Å². The van der Waals surface area contributed by atoms with Crippen LogP contribution in [0.15, 0.2) is 12.4 Å². The monoisotopic (exact) mass is 387 g/mol. The molecule has 1 fully saturated rings. The zero-order chi connectivity index (χ0) is 19.6. The first-order valence-corrected chi connectivity index (χ1v) is 8.65. The normalized spacial score (nSPS) is 20.5.